The van der Waals surface area contributed by atoms with Crippen molar-refractivity contribution in [3.05, 3.63) is 0 Å². The van der Waals surface area contributed by atoms with Crippen molar-refractivity contribution in [3.63, 3.8) is 0 Å². The third-order valence-corrected chi connectivity index (χ3v) is 2.10. The Morgan fingerprint density at radius 3 is 3.25 bits per heavy atom. The predicted octanol–water partition coefficient (Wildman–Crippen LogP) is -0.00530. The number of ether oxygens (including phenoxy) is 1. The van der Waals surface area contributed by atoms with Crippen LogP contribution in [0, 0.1) is 5.92 Å². The Bertz CT molecular complexity index is 74.5. The van der Waals surface area contributed by atoms with E-state index in [0.29, 0.717) is 6.10 Å². The SMILES string of the molecule is C1CC2CNCC2O1. The van der Waals surface area contributed by atoms with Crippen LogP contribution < -0.4 is 5.32 Å². The molecule has 2 atom stereocenters. The molecule has 0 radical (unpaired) electrons. The maximum Gasteiger partial charge on any atom is 0.0740 e. The first kappa shape index (κ1) is 4.77. The van der Waals surface area contributed by atoms with E-state index < -0.39 is 0 Å². The molecule has 0 bridgehead atoms. The molecular formula is C6H11NO. The second kappa shape index (κ2) is 1.71. The Kier molecular flexibility index (Phi) is 1.02. The second-order valence-corrected chi connectivity index (χ2v) is 2.62. The van der Waals surface area contributed by atoms with Gasteiger partial charge in [-0.2, -0.15) is 0 Å². The molecule has 2 aliphatic rings. The van der Waals surface area contributed by atoms with E-state index >= 15 is 0 Å². The highest BCUT2D eigenvalue weighted by Gasteiger charge is 2.31. The fourth-order valence-corrected chi connectivity index (χ4v) is 1.56. The Labute approximate surface area is 49.2 Å². The van der Waals surface area contributed by atoms with E-state index in [-0.39, 0.29) is 0 Å². The van der Waals surface area contributed by atoms with Gasteiger partial charge in [-0.1, -0.05) is 0 Å². The summed E-state index contributed by atoms with van der Waals surface area (Å²) in [5.74, 6) is 0.843. The maximum atomic E-state index is 5.41. The van der Waals surface area contributed by atoms with Crippen molar-refractivity contribution in [1.29, 1.82) is 0 Å². The van der Waals surface area contributed by atoms with E-state index in [1.54, 1.807) is 0 Å². The van der Waals surface area contributed by atoms with Gasteiger partial charge in [-0.3, -0.25) is 0 Å². The molecule has 2 nitrogen and oxygen atoms in total. The van der Waals surface area contributed by atoms with Crippen molar-refractivity contribution in [3.8, 4) is 0 Å². The highest BCUT2D eigenvalue weighted by molar-refractivity contribution is 4.85. The van der Waals surface area contributed by atoms with Crippen LogP contribution in [0.4, 0.5) is 0 Å². The first-order valence-corrected chi connectivity index (χ1v) is 3.29. The van der Waals surface area contributed by atoms with Gasteiger partial charge in [-0.05, 0) is 6.42 Å². The Balaban J connectivity index is 2.04. The third kappa shape index (κ3) is 0.565. The van der Waals surface area contributed by atoms with Crippen molar-refractivity contribution in [1.82, 2.24) is 5.32 Å². The van der Waals surface area contributed by atoms with E-state index in [0.717, 1.165) is 19.1 Å². The number of fused-ring (bicyclic) bond motifs is 1. The summed E-state index contributed by atoms with van der Waals surface area (Å²) in [7, 11) is 0. The lowest BCUT2D eigenvalue weighted by Crippen LogP contribution is -2.14. The van der Waals surface area contributed by atoms with E-state index in [2.05, 4.69) is 5.32 Å². The fourth-order valence-electron chi connectivity index (χ4n) is 1.56. The molecule has 0 saturated carbocycles. The molecule has 2 heteroatoms. The van der Waals surface area contributed by atoms with Gasteiger partial charge in [0.2, 0.25) is 0 Å². The quantitative estimate of drug-likeness (QED) is 0.477. The zero-order chi connectivity index (χ0) is 5.40. The average molecular weight is 113 g/mol. The van der Waals surface area contributed by atoms with Crippen LogP contribution in [0.1, 0.15) is 6.42 Å². The molecule has 0 amide bonds. The normalized spacial score (nSPS) is 45.0. The number of hydrogen-bond donors (Lipinski definition) is 1. The highest BCUT2D eigenvalue weighted by atomic mass is 16.5. The summed E-state index contributed by atoms with van der Waals surface area (Å²) < 4.78 is 5.41. The van der Waals surface area contributed by atoms with Gasteiger partial charge in [0.1, 0.15) is 0 Å². The third-order valence-electron chi connectivity index (χ3n) is 2.10. The van der Waals surface area contributed by atoms with Gasteiger partial charge in [0.25, 0.3) is 0 Å². The van der Waals surface area contributed by atoms with E-state index in [9.17, 15) is 0 Å². The Morgan fingerprint density at radius 1 is 1.38 bits per heavy atom. The average Bonchev–Trinajstić information content (AvgIpc) is 2.15. The summed E-state index contributed by atoms with van der Waals surface area (Å²) in [6.07, 6.45) is 1.84. The van der Waals surface area contributed by atoms with Gasteiger partial charge in [0.05, 0.1) is 6.10 Å². The number of hydrogen-bond acceptors (Lipinski definition) is 2. The van der Waals surface area contributed by atoms with Crippen LogP contribution in [0.5, 0.6) is 0 Å². The lowest BCUT2D eigenvalue weighted by molar-refractivity contribution is 0.112. The smallest absolute Gasteiger partial charge is 0.0740 e. The van der Waals surface area contributed by atoms with Gasteiger partial charge < -0.3 is 10.1 Å². The molecular weight excluding hydrogens is 102 g/mol. The monoisotopic (exact) mass is 113 g/mol. The summed E-state index contributed by atoms with van der Waals surface area (Å²) in [5, 5.41) is 3.30. The zero-order valence-corrected chi connectivity index (χ0v) is 4.89. The molecule has 1 N–H and O–H groups in total. The van der Waals surface area contributed by atoms with Crippen LogP contribution in [0.2, 0.25) is 0 Å². The number of rotatable bonds is 0. The summed E-state index contributed by atoms with van der Waals surface area (Å²) in [6, 6.07) is 0. The molecule has 0 aromatic carbocycles. The van der Waals surface area contributed by atoms with Crippen molar-refractivity contribution in [2.45, 2.75) is 12.5 Å². The predicted molar refractivity (Wildman–Crippen MR) is 30.7 cm³/mol. The summed E-state index contributed by atoms with van der Waals surface area (Å²) in [6.45, 7) is 3.27. The molecule has 2 aliphatic heterocycles. The lowest BCUT2D eigenvalue weighted by Gasteiger charge is -2.02. The van der Waals surface area contributed by atoms with Gasteiger partial charge in [-0.25, -0.2) is 0 Å². The molecule has 2 rings (SSSR count). The van der Waals surface area contributed by atoms with Gasteiger partial charge >= 0.3 is 0 Å². The molecule has 0 aromatic rings. The Morgan fingerprint density at radius 2 is 2.38 bits per heavy atom. The molecule has 2 unspecified atom stereocenters. The summed E-state index contributed by atoms with van der Waals surface area (Å²) in [4.78, 5) is 0. The molecule has 2 saturated heterocycles. The second-order valence-electron chi connectivity index (χ2n) is 2.62. The maximum absolute atomic E-state index is 5.41. The zero-order valence-electron chi connectivity index (χ0n) is 4.89. The fraction of sp³-hybridized carbons (Fsp3) is 1.00. The molecule has 46 valence electrons. The Hall–Kier alpha value is -0.0800. The highest BCUT2D eigenvalue weighted by Crippen LogP contribution is 2.22. The standard InChI is InChI=1S/C6H11NO/c1-2-8-6-4-7-3-5(1)6/h5-7H,1-4H2. The minimum atomic E-state index is 0.565. The molecule has 8 heavy (non-hydrogen) atoms. The van der Waals surface area contributed by atoms with Crippen LogP contribution in [-0.4, -0.2) is 25.8 Å². The van der Waals surface area contributed by atoms with Crippen LogP contribution in [0.15, 0.2) is 0 Å². The van der Waals surface area contributed by atoms with Crippen LogP contribution >= 0.6 is 0 Å². The molecule has 0 spiro atoms. The van der Waals surface area contributed by atoms with Crippen LogP contribution in [0.3, 0.4) is 0 Å². The van der Waals surface area contributed by atoms with Gasteiger partial charge in [0, 0.05) is 25.6 Å². The molecule has 0 aromatic heterocycles. The van der Waals surface area contributed by atoms with E-state index in [4.69, 9.17) is 4.74 Å². The molecule has 0 aliphatic carbocycles. The molecule has 2 heterocycles. The van der Waals surface area contributed by atoms with Gasteiger partial charge in [-0.15, -0.1) is 0 Å². The molecule has 2 fully saturated rings. The van der Waals surface area contributed by atoms with Crippen molar-refractivity contribution >= 4 is 0 Å². The van der Waals surface area contributed by atoms with Gasteiger partial charge in [0.15, 0.2) is 0 Å². The topological polar surface area (TPSA) is 21.3 Å². The summed E-state index contributed by atoms with van der Waals surface area (Å²) in [5.41, 5.74) is 0. The minimum Gasteiger partial charge on any atom is -0.377 e. The van der Waals surface area contributed by atoms with Crippen molar-refractivity contribution in [2.24, 2.45) is 5.92 Å². The summed E-state index contributed by atoms with van der Waals surface area (Å²) >= 11 is 0. The van der Waals surface area contributed by atoms with Crippen LogP contribution in [0.25, 0.3) is 0 Å². The lowest BCUT2D eigenvalue weighted by atomic mass is 10.1. The van der Waals surface area contributed by atoms with E-state index in [1.165, 1.54) is 13.0 Å². The minimum absolute atomic E-state index is 0.565. The van der Waals surface area contributed by atoms with Crippen molar-refractivity contribution in [2.75, 3.05) is 19.7 Å². The first-order chi connectivity index (χ1) is 3.97. The van der Waals surface area contributed by atoms with Crippen molar-refractivity contribution < 1.29 is 4.74 Å². The van der Waals surface area contributed by atoms with Crippen LogP contribution in [-0.2, 0) is 4.74 Å². The number of nitrogens with one attached hydrogen (secondary N) is 1. The first-order valence-electron chi connectivity index (χ1n) is 3.29. The largest absolute Gasteiger partial charge is 0.377 e. The van der Waals surface area contributed by atoms with E-state index in [1.807, 2.05) is 0 Å².